The molecule has 0 bridgehead atoms. The first-order valence-electron chi connectivity index (χ1n) is 7.25. The van der Waals surface area contributed by atoms with Crippen molar-refractivity contribution < 1.29 is 9.13 Å². The number of methoxy groups -OCH3 is 1. The summed E-state index contributed by atoms with van der Waals surface area (Å²) >= 11 is 5.85. The van der Waals surface area contributed by atoms with E-state index in [1.807, 2.05) is 6.07 Å². The second kappa shape index (κ2) is 9.32. The Morgan fingerprint density at radius 2 is 2.15 bits per heavy atom. The minimum absolute atomic E-state index is 0.196. The fourth-order valence-corrected chi connectivity index (χ4v) is 2.45. The van der Waals surface area contributed by atoms with Gasteiger partial charge in [-0.2, -0.15) is 0 Å². The van der Waals surface area contributed by atoms with E-state index in [1.165, 1.54) is 0 Å². The van der Waals surface area contributed by atoms with Gasteiger partial charge in [0, 0.05) is 19.8 Å². The molecule has 1 N–H and O–H groups in total. The van der Waals surface area contributed by atoms with Gasteiger partial charge in [0.1, 0.15) is 5.82 Å². The van der Waals surface area contributed by atoms with E-state index in [4.69, 9.17) is 16.3 Å². The van der Waals surface area contributed by atoms with Crippen molar-refractivity contribution in [1.82, 2.24) is 5.32 Å². The summed E-state index contributed by atoms with van der Waals surface area (Å²) in [4.78, 5) is 0. The van der Waals surface area contributed by atoms with Gasteiger partial charge >= 0.3 is 0 Å². The minimum atomic E-state index is -0.295. The molecule has 0 aliphatic heterocycles. The van der Waals surface area contributed by atoms with Crippen molar-refractivity contribution >= 4 is 11.6 Å². The van der Waals surface area contributed by atoms with Crippen molar-refractivity contribution in [1.29, 1.82) is 0 Å². The van der Waals surface area contributed by atoms with E-state index in [0.29, 0.717) is 17.9 Å². The summed E-state index contributed by atoms with van der Waals surface area (Å²) in [6.07, 6.45) is 2.67. The van der Waals surface area contributed by atoms with Crippen LogP contribution in [0.25, 0.3) is 0 Å². The van der Waals surface area contributed by atoms with Gasteiger partial charge in [0.25, 0.3) is 0 Å². The average Bonchev–Trinajstić information content (AvgIpc) is 2.45. The van der Waals surface area contributed by atoms with E-state index >= 15 is 0 Å². The molecular formula is C16H25ClFNO. The number of nitrogens with one attached hydrogen (secondary N) is 1. The maximum Gasteiger partial charge on any atom is 0.145 e. The molecule has 0 fully saturated rings. The summed E-state index contributed by atoms with van der Waals surface area (Å²) in [5.74, 6) is 0.122. The van der Waals surface area contributed by atoms with Gasteiger partial charge in [-0.1, -0.05) is 37.6 Å². The summed E-state index contributed by atoms with van der Waals surface area (Å²) in [6, 6.07) is 5.43. The third kappa shape index (κ3) is 5.39. The topological polar surface area (TPSA) is 21.3 Å². The van der Waals surface area contributed by atoms with E-state index in [9.17, 15) is 4.39 Å². The molecule has 0 aliphatic carbocycles. The van der Waals surface area contributed by atoms with Crippen LogP contribution in [0.1, 0.15) is 32.3 Å². The van der Waals surface area contributed by atoms with Crippen molar-refractivity contribution in [2.75, 3.05) is 20.3 Å². The molecule has 0 saturated carbocycles. The first kappa shape index (κ1) is 17.4. The Balaban J connectivity index is 2.74. The highest BCUT2D eigenvalue weighted by Gasteiger charge is 2.19. The van der Waals surface area contributed by atoms with Crippen LogP contribution in [0.2, 0.25) is 5.02 Å². The molecule has 2 atom stereocenters. The molecule has 1 aromatic rings. The van der Waals surface area contributed by atoms with E-state index in [-0.39, 0.29) is 16.9 Å². The van der Waals surface area contributed by atoms with Crippen molar-refractivity contribution in [2.45, 2.75) is 39.2 Å². The molecule has 0 heterocycles. The predicted molar refractivity (Wildman–Crippen MR) is 82.9 cm³/mol. The maximum atomic E-state index is 14.0. The van der Waals surface area contributed by atoms with Gasteiger partial charge in [0.15, 0.2) is 0 Å². The van der Waals surface area contributed by atoms with Gasteiger partial charge < -0.3 is 10.1 Å². The molecule has 0 amide bonds. The quantitative estimate of drug-likeness (QED) is 0.742. The summed E-state index contributed by atoms with van der Waals surface area (Å²) < 4.78 is 19.2. The molecule has 20 heavy (non-hydrogen) atoms. The fourth-order valence-electron chi connectivity index (χ4n) is 2.25. The Kier molecular flexibility index (Phi) is 8.12. The van der Waals surface area contributed by atoms with Crippen LogP contribution >= 0.6 is 11.6 Å². The third-order valence-electron chi connectivity index (χ3n) is 3.59. The number of halogens is 2. The lowest BCUT2D eigenvalue weighted by Gasteiger charge is -2.25. The molecule has 0 spiro atoms. The molecule has 0 aliphatic rings. The zero-order valence-electron chi connectivity index (χ0n) is 12.6. The van der Waals surface area contributed by atoms with Crippen LogP contribution in [0.4, 0.5) is 4.39 Å². The van der Waals surface area contributed by atoms with E-state index in [0.717, 1.165) is 26.0 Å². The third-order valence-corrected chi connectivity index (χ3v) is 3.88. The second-order valence-electron chi connectivity index (χ2n) is 5.24. The number of hydrogen-bond acceptors (Lipinski definition) is 2. The summed E-state index contributed by atoms with van der Waals surface area (Å²) in [6.45, 7) is 5.96. The SMILES string of the molecule is CCCNC(Cc1cccc(Cl)c1F)C(C)CCOC. The Bertz CT molecular complexity index is 400. The normalized spacial score (nSPS) is 14.2. The smallest absolute Gasteiger partial charge is 0.145 e. The molecule has 114 valence electrons. The number of benzene rings is 1. The highest BCUT2D eigenvalue weighted by molar-refractivity contribution is 6.30. The van der Waals surface area contributed by atoms with Crippen molar-refractivity contribution in [3.63, 3.8) is 0 Å². The number of ether oxygens (including phenoxy) is 1. The Morgan fingerprint density at radius 1 is 1.40 bits per heavy atom. The average molecular weight is 302 g/mol. The first-order valence-corrected chi connectivity index (χ1v) is 7.63. The molecule has 0 saturated heterocycles. The van der Waals surface area contributed by atoms with Crippen LogP contribution in [-0.2, 0) is 11.2 Å². The maximum absolute atomic E-state index is 14.0. The van der Waals surface area contributed by atoms with E-state index in [1.54, 1.807) is 19.2 Å². The van der Waals surface area contributed by atoms with Gasteiger partial charge in [-0.05, 0) is 43.4 Å². The summed E-state index contributed by atoms with van der Waals surface area (Å²) in [5.41, 5.74) is 0.676. The van der Waals surface area contributed by atoms with Crippen LogP contribution in [0.5, 0.6) is 0 Å². The lowest BCUT2D eigenvalue weighted by Crippen LogP contribution is -2.38. The van der Waals surface area contributed by atoms with Crippen LogP contribution < -0.4 is 5.32 Å². The van der Waals surface area contributed by atoms with Crippen molar-refractivity contribution in [3.8, 4) is 0 Å². The van der Waals surface area contributed by atoms with Crippen molar-refractivity contribution in [3.05, 3.63) is 34.6 Å². The van der Waals surface area contributed by atoms with Gasteiger partial charge in [-0.3, -0.25) is 0 Å². The molecular weight excluding hydrogens is 277 g/mol. The summed E-state index contributed by atoms with van der Waals surface area (Å²) in [7, 11) is 1.71. The zero-order chi connectivity index (χ0) is 15.0. The second-order valence-corrected chi connectivity index (χ2v) is 5.64. The lowest BCUT2D eigenvalue weighted by molar-refractivity contribution is 0.169. The predicted octanol–water partition coefficient (Wildman–Crippen LogP) is 4.06. The highest BCUT2D eigenvalue weighted by Crippen LogP contribution is 2.21. The van der Waals surface area contributed by atoms with E-state index in [2.05, 4.69) is 19.2 Å². The monoisotopic (exact) mass is 301 g/mol. The van der Waals surface area contributed by atoms with Gasteiger partial charge in [-0.25, -0.2) is 4.39 Å². The van der Waals surface area contributed by atoms with Crippen LogP contribution in [0.3, 0.4) is 0 Å². The molecule has 0 aromatic heterocycles. The highest BCUT2D eigenvalue weighted by atomic mass is 35.5. The standard InChI is InChI=1S/C16H25ClFNO/c1-4-9-19-15(12(2)8-10-20-3)11-13-6-5-7-14(17)16(13)18/h5-7,12,15,19H,4,8-11H2,1-3H3. The number of hydrogen-bond donors (Lipinski definition) is 1. The van der Waals surface area contributed by atoms with Crippen LogP contribution in [0.15, 0.2) is 18.2 Å². The Morgan fingerprint density at radius 3 is 2.80 bits per heavy atom. The van der Waals surface area contributed by atoms with Crippen LogP contribution in [0, 0.1) is 11.7 Å². The molecule has 4 heteroatoms. The first-order chi connectivity index (χ1) is 9.60. The molecule has 1 aromatic carbocycles. The zero-order valence-corrected chi connectivity index (χ0v) is 13.3. The minimum Gasteiger partial charge on any atom is -0.385 e. The van der Waals surface area contributed by atoms with Crippen LogP contribution in [-0.4, -0.2) is 26.3 Å². The number of rotatable bonds is 9. The molecule has 1 rings (SSSR count). The van der Waals surface area contributed by atoms with Gasteiger partial charge in [0.05, 0.1) is 5.02 Å². The molecule has 2 nitrogen and oxygen atoms in total. The molecule has 2 unspecified atom stereocenters. The van der Waals surface area contributed by atoms with Gasteiger partial charge in [0.2, 0.25) is 0 Å². The Labute approximate surface area is 126 Å². The summed E-state index contributed by atoms with van der Waals surface area (Å²) in [5, 5.41) is 3.70. The lowest BCUT2D eigenvalue weighted by atomic mass is 9.92. The van der Waals surface area contributed by atoms with E-state index < -0.39 is 0 Å². The Hall–Kier alpha value is -0.640. The molecule has 0 radical (unpaired) electrons. The largest absolute Gasteiger partial charge is 0.385 e. The van der Waals surface area contributed by atoms with Gasteiger partial charge in [-0.15, -0.1) is 0 Å². The van der Waals surface area contributed by atoms with Crippen molar-refractivity contribution in [2.24, 2.45) is 5.92 Å². The fraction of sp³-hybridized carbons (Fsp3) is 0.625.